The Hall–Kier alpha value is -2.37. The predicted molar refractivity (Wildman–Crippen MR) is 82.1 cm³/mol. The zero-order chi connectivity index (χ0) is 15.9. The zero-order valence-corrected chi connectivity index (χ0v) is 12.2. The summed E-state index contributed by atoms with van der Waals surface area (Å²) >= 11 is 0. The van der Waals surface area contributed by atoms with E-state index in [0.717, 1.165) is 38.2 Å². The molecule has 5 nitrogen and oxygen atoms in total. The van der Waals surface area contributed by atoms with Crippen molar-refractivity contribution in [2.75, 3.05) is 18.0 Å². The van der Waals surface area contributed by atoms with Crippen LogP contribution in [-0.4, -0.2) is 29.1 Å². The van der Waals surface area contributed by atoms with Gasteiger partial charge in [-0.1, -0.05) is 6.92 Å². The van der Waals surface area contributed by atoms with Crippen LogP contribution in [0, 0.1) is 11.7 Å². The van der Waals surface area contributed by atoms with Crippen LogP contribution >= 0.6 is 0 Å². The summed E-state index contributed by atoms with van der Waals surface area (Å²) in [5, 5.41) is 9.02. The third kappa shape index (κ3) is 2.45. The van der Waals surface area contributed by atoms with Gasteiger partial charge in [0.2, 0.25) is 5.43 Å². The minimum atomic E-state index is -1.32. The molecular formula is C16H17FN2O3. The second kappa shape index (κ2) is 5.44. The summed E-state index contributed by atoms with van der Waals surface area (Å²) < 4.78 is 14.4. The van der Waals surface area contributed by atoms with Gasteiger partial charge in [0.1, 0.15) is 11.4 Å². The van der Waals surface area contributed by atoms with E-state index in [2.05, 4.69) is 11.9 Å². The first-order chi connectivity index (χ1) is 10.5. The van der Waals surface area contributed by atoms with Crippen LogP contribution < -0.4 is 10.3 Å². The molecule has 1 atom stereocenters. The first kappa shape index (κ1) is 14.6. The Morgan fingerprint density at radius 2 is 2.23 bits per heavy atom. The normalized spacial score (nSPS) is 18.6. The number of nitrogens with one attached hydrogen (secondary N) is 1. The van der Waals surface area contributed by atoms with Crippen molar-refractivity contribution >= 4 is 22.6 Å². The molecule has 2 N–H and O–H groups in total. The number of anilines is 1. The van der Waals surface area contributed by atoms with Crippen molar-refractivity contribution in [2.45, 2.75) is 19.8 Å². The average molecular weight is 304 g/mol. The number of H-pyrrole nitrogens is 1. The predicted octanol–water partition coefficient (Wildman–Crippen LogP) is 2.60. The van der Waals surface area contributed by atoms with Crippen LogP contribution in [0.15, 0.2) is 23.1 Å². The standard InChI is InChI=1S/C16H17FN2O3/c1-9-3-2-4-19(8-9)14-6-13-10(5-12(14)17)15(20)11(7-18-13)16(21)22/h5-7,9H,2-4,8H2,1H3,(H,18,20)(H,21,22). The van der Waals surface area contributed by atoms with Crippen molar-refractivity contribution in [3.8, 4) is 0 Å². The molecule has 6 heteroatoms. The third-order valence-electron chi connectivity index (χ3n) is 4.18. The lowest BCUT2D eigenvalue weighted by Gasteiger charge is -2.33. The van der Waals surface area contributed by atoms with Crippen molar-refractivity contribution in [1.29, 1.82) is 0 Å². The second-order valence-electron chi connectivity index (χ2n) is 5.88. The number of fused-ring (bicyclic) bond motifs is 1. The molecule has 0 saturated carbocycles. The van der Waals surface area contributed by atoms with Crippen molar-refractivity contribution in [3.05, 3.63) is 39.9 Å². The van der Waals surface area contributed by atoms with Crippen LogP contribution in [0.4, 0.5) is 10.1 Å². The number of aromatic amines is 1. The second-order valence-corrected chi connectivity index (χ2v) is 5.88. The molecule has 0 bridgehead atoms. The Balaban J connectivity index is 2.11. The van der Waals surface area contributed by atoms with Gasteiger partial charge in [-0.2, -0.15) is 0 Å². The van der Waals surface area contributed by atoms with Crippen LogP contribution in [0.25, 0.3) is 10.9 Å². The summed E-state index contributed by atoms with van der Waals surface area (Å²) in [5.41, 5.74) is -0.146. The van der Waals surface area contributed by atoms with Gasteiger partial charge in [0.15, 0.2) is 0 Å². The summed E-state index contributed by atoms with van der Waals surface area (Å²) in [6.07, 6.45) is 3.30. The number of pyridine rings is 1. The van der Waals surface area contributed by atoms with Crippen LogP contribution in [0.2, 0.25) is 0 Å². The van der Waals surface area contributed by atoms with Gasteiger partial charge in [-0.15, -0.1) is 0 Å². The molecule has 0 amide bonds. The number of halogens is 1. The number of carbonyl (C=O) groups is 1. The van der Waals surface area contributed by atoms with Gasteiger partial charge in [0.25, 0.3) is 0 Å². The number of aromatic carboxylic acids is 1. The van der Waals surface area contributed by atoms with E-state index in [1.807, 2.05) is 4.90 Å². The van der Waals surface area contributed by atoms with Crippen LogP contribution in [0.1, 0.15) is 30.1 Å². The van der Waals surface area contributed by atoms with E-state index in [4.69, 9.17) is 5.11 Å². The molecule has 3 rings (SSSR count). The summed E-state index contributed by atoms with van der Waals surface area (Å²) in [6, 6.07) is 2.73. The van der Waals surface area contributed by atoms with E-state index in [-0.39, 0.29) is 10.9 Å². The SMILES string of the molecule is CC1CCCN(c2cc3[nH]cc(C(=O)O)c(=O)c3cc2F)C1. The van der Waals surface area contributed by atoms with Crippen molar-refractivity contribution in [2.24, 2.45) is 5.92 Å². The molecular weight excluding hydrogens is 287 g/mol. The van der Waals surface area contributed by atoms with Crippen LogP contribution in [-0.2, 0) is 0 Å². The molecule has 1 aliphatic heterocycles. The highest BCUT2D eigenvalue weighted by molar-refractivity contribution is 5.93. The van der Waals surface area contributed by atoms with Crippen LogP contribution in [0.3, 0.4) is 0 Å². The van der Waals surface area contributed by atoms with E-state index in [0.29, 0.717) is 17.1 Å². The number of carboxylic acids is 1. The van der Waals surface area contributed by atoms with E-state index >= 15 is 0 Å². The molecule has 1 unspecified atom stereocenters. The summed E-state index contributed by atoms with van der Waals surface area (Å²) in [5.74, 6) is -1.32. The molecule has 1 aliphatic rings. The van der Waals surface area contributed by atoms with Gasteiger partial charge >= 0.3 is 5.97 Å². The topological polar surface area (TPSA) is 73.4 Å². The Kier molecular flexibility index (Phi) is 3.60. The fraction of sp³-hybridized carbons (Fsp3) is 0.375. The molecule has 0 aliphatic carbocycles. The van der Waals surface area contributed by atoms with Crippen molar-refractivity contribution in [1.82, 2.24) is 4.98 Å². The Labute approximate surface area is 126 Å². The maximum absolute atomic E-state index is 14.4. The highest BCUT2D eigenvalue weighted by Gasteiger charge is 2.21. The van der Waals surface area contributed by atoms with Gasteiger partial charge in [-0.3, -0.25) is 4.79 Å². The number of rotatable bonds is 2. The molecule has 2 aromatic rings. The van der Waals surface area contributed by atoms with E-state index in [1.54, 1.807) is 6.07 Å². The lowest BCUT2D eigenvalue weighted by atomic mass is 9.99. The first-order valence-electron chi connectivity index (χ1n) is 7.30. The van der Waals surface area contributed by atoms with E-state index < -0.39 is 17.2 Å². The lowest BCUT2D eigenvalue weighted by Crippen LogP contribution is -2.34. The largest absolute Gasteiger partial charge is 0.477 e. The molecule has 1 aromatic carbocycles. The van der Waals surface area contributed by atoms with Crippen molar-refractivity contribution < 1.29 is 14.3 Å². The first-order valence-corrected chi connectivity index (χ1v) is 7.30. The number of piperidine rings is 1. The monoisotopic (exact) mass is 304 g/mol. The summed E-state index contributed by atoms with van der Waals surface area (Å²) in [6.45, 7) is 3.69. The molecule has 1 fully saturated rings. The molecule has 1 saturated heterocycles. The minimum absolute atomic E-state index is 0.0613. The van der Waals surface area contributed by atoms with E-state index in [9.17, 15) is 14.0 Å². The number of hydrogen-bond acceptors (Lipinski definition) is 3. The molecule has 1 aromatic heterocycles. The van der Waals surface area contributed by atoms with Gasteiger partial charge in [0.05, 0.1) is 11.2 Å². The fourth-order valence-corrected chi connectivity index (χ4v) is 3.04. The number of nitrogens with zero attached hydrogens (tertiary/aromatic N) is 1. The quantitative estimate of drug-likeness (QED) is 0.894. The maximum atomic E-state index is 14.4. The van der Waals surface area contributed by atoms with Gasteiger partial charge in [0, 0.05) is 24.7 Å². The highest BCUT2D eigenvalue weighted by atomic mass is 19.1. The molecule has 2 heterocycles. The Morgan fingerprint density at radius 3 is 2.91 bits per heavy atom. The molecule has 116 valence electrons. The smallest absolute Gasteiger partial charge is 0.341 e. The highest BCUT2D eigenvalue weighted by Crippen LogP contribution is 2.28. The van der Waals surface area contributed by atoms with Gasteiger partial charge in [-0.05, 0) is 30.9 Å². The zero-order valence-electron chi connectivity index (χ0n) is 12.2. The summed E-state index contributed by atoms with van der Waals surface area (Å²) in [7, 11) is 0. The average Bonchev–Trinajstić information content (AvgIpc) is 2.47. The van der Waals surface area contributed by atoms with E-state index in [1.165, 1.54) is 0 Å². The van der Waals surface area contributed by atoms with Gasteiger partial charge in [-0.25, -0.2) is 9.18 Å². The molecule has 22 heavy (non-hydrogen) atoms. The van der Waals surface area contributed by atoms with Gasteiger partial charge < -0.3 is 15.0 Å². The number of carboxylic acid groups (broad SMARTS) is 1. The molecule has 0 spiro atoms. The Morgan fingerprint density at radius 1 is 1.45 bits per heavy atom. The number of benzene rings is 1. The minimum Gasteiger partial charge on any atom is -0.477 e. The fourth-order valence-electron chi connectivity index (χ4n) is 3.04. The lowest BCUT2D eigenvalue weighted by molar-refractivity contribution is 0.0695. The number of aromatic nitrogens is 1. The Bertz CT molecular complexity index is 800. The molecule has 0 radical (unpaired) electrons. The summed E-state index contributed by atoms with van der Waals surface area (Å²) in [4.78, 5) is 27.8. The van der Waals surface area contributed by atoms with Crippen molar-refractivity contribution in [3.63, 3.8) is 0 Å². The van der Waals surface area contributed by atoms with Crippen LogP contribution in [0.5, 0.6) is 0 Å². The third-order valence-corrected chi connectivity index (χ3v) is 4.18. The number of hydrogen-bond donors (Lipinski definition) is 2. The maximum Gasteiger partial charge on any atom is 0.341 e.